The number of hydrogen-bond donors (Lipinski definition) is 1. The Balaban J connectivity index is 2.14. The minimum Gasteiger partial charge on any atom is -0.481 e. The third-order valence-corrected chi connectivity index (χ3v) is 5.55. The number of carbonyl (C=O) groups is 1. The molecule has 0 amide bonds. The molecule has 1 N–H and O–H groups in total. The van der Waals surface area contributed by atoms with E-state index in [0.29, 0.717) is 17.4 Å². The number of likely N-dealkylation sites (tertiary alicyclic amines) is 1. The maximum atomic E-state index is 11.6. The second-order valence-corrected chi connectivity index (χ2v) is 8.26. The molecular formula is C17H31NO2. The standard InChI is InChI=1S/C17H31NO2/c1-16(2,3)13-8-5-6-9-14(13)18-11-7-10-17(4,12-18)15(19)20/h13-14H,5-12H2,1-4H3,(H,19,20). The van der Waals surface area contributed by atoms with Crippen molar-refractivity contribution in [3.8, 4) is 0 Å². The van der Waals surface area contributed by atoms with Crippen molar-refractivity contribution in [3.63, 3.8) is 0 Å². The van der Waals surface area contributed by atoms with Gasteiger partial charge in [-0.3, -0.25) is 9.69 Å². The van der Waals surface area contributed by atoms with Crippen LogP contribution in [0.4, 0.5) is 0 Å². The number of rotatable bonds is 2. The molecule has 20 heavy (non-hydrogen) atoms. The zero-order valence-corrected chi connectivity index (χ0v) is 13.6. The Morgan fingerprint density at radius 3 is 2.45 bits per heavy atom. The lowest BCUT2D eigenvalue weighted by molar-refractivity contribution is -0.152. The molecule has 2 fully saturated rings. The Kier molecular flexibility index (Phi) is 4.48. The largest absolute Gasteiger partial charge is 0.481 e. The van der Waals surface area contributed by atoms with Crippen LogP contribution < -0.4 is 0 Å². The van der Waals surface area contributed by atoms with E-state index in [2.05, 4.69) is 25.7 Å². The summed E-state index contributed by atoms with van der Waals surface area (Å²) < 4.78 is 0. The van der Waals surface area contributed by atoms with Crippen LogP contribution in [-0.2, 0) is 4.79 Å². The molecule has 1 saturated heterocycles. The summed E-state index contributed by atoms with van der Waals surface area (Å²) in [5.74, 6) is 0.0812. The Morgan fingerprint density at radius 1 is 1.20 bits per heavy atom. The van der Waals surface area contributed by atoms with Crippen molar-refractivity contribution in [2.24, 2.45) is 16.7 Å². The SMILES string of the molecule is CC1(C(=O)O)CCCN(C2CCCCC2C(C)(C)C)C1. The average Bonchev–Trinajstić information content (AvgIpc) is 2.37. The van der Waals surface area contributed by atoms with Crippen LogP contribution in [-0.4, -0.2) is 35.1 Å². The van der Waals surface area contributed by atoms with Crippen LogP contribution in [0, 0.1) is 16.7 Å². The van der Waals surface area contributed by atoms with Gasteiger partial charge in [-0.25, -0.2) is 0 Å². The molecular weight excluding hydrogens is 250 g/mol. The lowest BCUT2D eigenvalue weighted by atomic mass is 9.68. The molecule has 1 saturated carbocycles. The number of nitrogens with zero attached hydrogens (tertiary/aromatic N) is 1. The number of carboxylic acid groups (broad SMARTS) is 1. The predicted octanol–water partition coefficient (Wildman–Crippen LogP) is 3.78. The van der Waals surface area contributed by atoms with E-state index in [9.17, 15) is 9.90 Å². The van der Waals surface area contributed by atoms with Gasteiger partial charge in [0.05, 0.1) is 5.41 Å². The minimum absolute atomic E-state index is 0.322. The first-order valence-electron chi connectivity index (χ1n) is 8.21. The molecule has 3 unspecified atom stereocenters. The first-order chi connectivity index (χ1) is 9.24. The van der Waals surface area contributed by atoms with E-state index in [1.54, 1.807) is 0 Å². The Bertz CT molecular complexity index is 360. The highest BCUT2D eigenvalue weighted by atomic mass is 16.4. The van der Waals surface area contributed by atoms with Crippen molar-refractivity contribution in [2.75, 3.05) is 13.1 Å². The first-order valence-corrected chi connectivity index (χ1v) is 8.21. The van der Waals surface area contributed by atoms with E-state index < -0.39 is 11.4 Å². The van der Waals surface area contributed by atoms with Gasteiger partial charge in [0, 0.05) is 12.6 Å². The van der Waals surface area contributed by atoms with Gasteiger partial charge >= 0.3 is 5.97 Å². The predicted molar refractivity (Wildman–Crippen MR) is 81.8 cm³/mol. The van der Waals surface area contributed by atoms with Crippen molar-refractivity contribution >= 4 is 5.97 Å². The molecule has 116 valence electrons. The summed E-state index contributed by atoms with van der Waals surface area (Å²) in [6.07, 6.45) is 7.04. The number of aliphatic carboxylic acids is 1. The summed E-state index contributed by atoms with van der Waals surface area (Å²) in [6.45, 7) is 10.8. The van der Waals surface area contributed by atoms with Crippen LogP contribution in [0.15, 0.2) is 0 Å². The molecule has 3 nitrogen and oxygen atoms in total. The molecule has 1 aliphatic heterocycles. The van der Waals surface area contributed by atoms with Crippen LogP contribution in [0.3, 0.4) is 0 Å². The normalized spacial score (nSPS) is 36.8. The third-order valence-electron chi connectivity index (χ3n) is 5.55. The molecule has 0 aromatic heterocycles. The quantitative estimate of drug-likeness (QED) is 0.837. The molecule has 1 aliphatic carbocycles. The fourth-order valence-electron chi connectivity index (χ4n) is 4.29. The lowest BCUT2D eigenvalue weighted by Gasteiger charge is -2.49. The highest BCUT2D eigenvalue weighted by Crippen LogP contribution is 2.42. The summed E-state index contributed by atoms with van der Waals surface area (Å²) in [5, 5.41) is 9.51. The first kappa shape index (κ1) is 15.8. The second kappa shape index (κ2) is 5.67. The summed E-state index contributed by atoms with van der Waals surface area (Å²) in [4.78, 5) is 14.1. The molecule has 0 radical (unpaired) electrons. The zero-order chi connectivity index (χ0) is 15.0. The molecule has 1 heterocycles. The van der Waals surface area contributed by atoms with Crippen LogP contribution in [0.25, 0.3) is 0 Å². The summed E-state index contributed by atoms with van der Waals surface area (Å²) in [7, 11) is 0. The van der Waals surface area contributed by atoms with Gasteiger partial charge in [-0.1, -0.05) is 33.6 Å². The van der Waals surface area contributed by atoms with Crippen LogP contribution in [0.1, 0.15) is 66.2 Å². The molecule has 2 rings (SSSR count). The molecule has 0 bridgehead atoms. The maximum absolute atomic E-state index is 11.6. The summed E-state index contributed by atoms with van der Waals surface area (Å²) in [5.41, 5.74) is -0.222. The Labute approximate surface area is 123 Å². The lowest BCUT2D eigenvalue weighted by Crippen LogP contribution is -2.54. The monoisotopic (exact) mass is 281 g/mol. The minimum atomic E-state index is -0.620. The van der Waals surface area contributed by atoms with Gasteiger partial charge in [-0.05, 0) is 50.5 Å². The number of piperidine rings is 1. The van der Waals surface area contributed by atoms with Crippen molar-refractivity contribution in [1.29, 1.82) is 0 Å². The molecule has 2 aliphatic rings. The summed E-state index contributed by atoms with van der Waals surface area (Å²) in [6, 6.07) is 0.586. The number of carboxylic acids is 1. The molecule has 0 spiro atoms. The van der Waals surface area contributed by atoms with E-state index in [1.807, 2.05) is 6.92 Å². The Hall–Kier alpha value is -0.570. The fourth-order valence-corrected chi connectivity index (χ4v) is 4.29. The topological polar surface area (TPSA) is 40.5 Å². The maximum Gasteiger partial charge on any atom is 0.310 e. The van der Waals surface area contributed by atoms with E-state index in [4.69, 9.17) is 0 Å². The third kappa shape index (κ3) is 3.19. The van der Waals surface area contributed by atoms with Gasteiger partial charge in [-0.15, -0.1) is 0 Å². The van der Waals surface area contributed by atoms with Crippen molar-refractivity contribution in [1.82, 2.24) is 4.90 Å². The van der Waals surface area contributed by atoms with Crippen molar-refractivity contribution in [2.45, 2.75) is 72.3 Å². The molecule has 3 heteroatoms. The van der Waals surface area contributed by atoms with Gasteiger partial charge in [0.2, 0.25) is 0 Å². The molecule has 0 aromatic carbocycles. The van der Waals surface area contributed by atoms with Crippen molar-refractivity contribution in [3.05, 3.63) is 0 Å². The van der Waals surface area contributed by atoms with Gasteiger partial charge in [-0.2, -0.15) is 0 Å². The Morgan fingerprint density at radius 2 is 1.85 bits per heavy atom. The van der Waals surface area contributed by atoms with Gasteiger partial charge in [0.25, 0.3) is 0 Å². The second-order valence-electron chi connectivity index (χ2n) is 8.26. The van der Waals surface area contributed by atoms with E-state index in [1.165, 1.54) is 25.7 Å². The molecule has 3 atom stereocenters. The fraction of sp³-hybridized carbons (Fsp3) is 0.941. The highest BCUT2D eigenvalue weighted by molar-refractivity contribution is 5.74. The van der Waals surface area contributed by atoms with Gasteiger partial charge in [0.15, 0.2) is 0 Å². The van der Waals surface area contributed by atoms with Gasteiger partial charge < -0.3 is 5.11 Å². The van der Waals surface area contributed by atoms with Gasteiger partial charge in [0.1, 0.15) is 0 Å². The van der Waals surface area contributed by atoms with Crippen LogP contribution in [0.2, 0.25) is 0 Å². The van der Waals surface area contributed by atoms with E-state index >= 15 is 0 Å². The van der Waals surface area contributed by atoms with E-state index in [-0.39, 0.29) is 0 Å². The smallest absolute Gasteiger partial charge is 0.310 e. The van der Waals surface area contributed by atoms with Crippen LogP contribution in [0.5, 0.6) is 0 Å². The average molecular weight is 281 g/mol. The highest BCUT2D eigenvalue weighted by Gasteiger charge is 2.43. The van der Waals surface area contributed by atoms with Crippen molar-refractivity contribution < 1.29 is 9.90 Å². The molecule has 0 aromatic rings. The van der Waals surface area contributed by atoms with E-state index in [0.717, 1.165) is 25.9 Å². The number of hydrogen-bond acceptors (Lipinski definition) is 2. The van der Waals surface area contributed by atoms with Crippen LogP contribution >= 0.6 is 0 Å². The zero-order valence-electron chi connectivity index (χ0n) is 13.6. The summed E-state index contributed by atoms with van der Waals surface area (Å²) >= 11 is 0.